The van der Waals surface area contributed by atoms with E-state index in [2.05, 4.69) is 11.2 Å². The molecule has 0 aromatic heterocycles. The van der Waals surface area contributed by atoms with E-state index in [1.54, 1.807) is 7.11 Å². The van der Waals surface area contributed by atoms with Gasteiger partial charge in [-0.1, -0.05) is 5.16 Å². The Labute approximate surface area is 95.0 Å². The van der Waals surface area contributed by atoms with E-state index in [4.69, 9.17) is 15.3 Å². The summed E-state index contributed by atoms with van der Waals surface area (Å²) in [5, 5.41) is 4.05. The smallest absolute Gasteiger partial charge is 0.145 e. The first kappa shape index (κ1) is 11.0. The van der Waals surface area contributed by atoms with E-state index in [0.717, 1.165) is 29.0 Å². The minimum Gasteiger partial charge on any atom is -0.496 e. The van der Waals surface area contributed by atoms with Crippen LogP contribution in [0, 0.1) is 6.92 Å². The zero-order valence-electron chi connectivity index (χ0n) is 9.56. The van der Waals surface area contributed by atoms with Crippen LogP contribution in [0.4, 0.5) is 0 Å². The summed E-state index contributed by atoms with van der Waals surface area (Å²) >= 11 is 0. The van der Waals surface area contributed by atoms with E-state index in [-0.39, 0.29) is 6.10 Å². The molecule has 0 fully saturated rings. The van der Waals surface area contributed by atoms with Gasteiger partial charge < -0.3 is 15.3 Å². The summed E-state index contributed by atoms with van der Waals surface area (Å²) in [6.07, 6.45) is 0.805. The number of nitrogens with two attached hydrogens (primary N) is 1. The number of hydrogen-bond donors (Lipinski definition) is 1. The van der Waals surface area contributed by atoms with Gasteiger partial charge in [0.05, 0.1) is 12.8 Å². The van der Waals surface area contributed by atoms with Gasteiger partial charge in [0.1, 0.15) is 11.9 Å². The standard InChI is InChI=1S/C12H16N2O2/c1-8-5-9(3-4-12(8)15-2)11-6-10(7-13)16-14-11/h3-5,10H,6-7,13H2,1-2H3. The Hall–Kier alpha value is -1.55. The molecule has 0 saturated carbocycles. The summed E-state index contributed by atoms with van der Waals surface area (Å²) in [5.74, 6) is 0.888. The van der Waals surface area contributed by atoms with Gasteiger partial charge in [0.25, 0.3) is 0 Å². The third-order valence-electron chi connectivity index (χ3n) is 2.72. The average Bonchev–Trinajstić information content (AvgIpc) is 2.77. The maximum absolute atomic E-state index is 5.53. The number of benzene rings is 1. The Balaban J connectivity index is 2.20. The maximum Gasteiger partial charge on any atom is 0.145 e. The van der Waals surface area contributed by atoms with Crippen molar-refractivity contribution in [3.05, 3.63) is 29.3 Å². The normalized spacial score (nSPS) is 19.2. The first-order chi connectivity index (χ1) is 7.74. The summed E-state index contributed by atoms with van der Waals surface area (Å²) < 4.78 is 5.21. The topological polar surface area (TPSA) is 56.8 Å². The number of nitrogens with zero attached hydrogens (tertiary/aromatic N) is 1. The van der Waals surface area contributed by atoms with Gasteiger partial charge in [0.2, 0.25) is 0 Å². The van der Waals surface area contributed by atoms with Crippen molar-refractivity contribution in [2.45, 2.75) is 19.4 Å². The van der Waals surface area contributed by atoms with Gasteiger partial charge in [-0.15, -0.1) is 0 Å². The Morgan fingerprint density at radius 3 is 2.94 bits per heavy atom. The molecule has 4 heteroatoms. The fourth-order valence-electron chi connectivity index (χ4n) is 1.78. The molecule has 1 aromatic rings. The van der Waals surface area contributed by atoms with Crippen LogP contribution in [0.5, 0.6) is 5.75 Å². The number of aryl methyl sites for hydroxylation is 1. The third-order valence-corrected chi connectivity index (χ3v) is 2.72. The molecule has 86 valence electrons. The molecule has 1 aliphatic heterocycles. The molecule has 1 atom stereocenters. The van der Waals surface area contributed by atoms with Gasteiger partial charge >= 0.3 is 0 Å². The van der Waals surface area contributed by atoms with Gasteiger partial charge in [-0.25, -0.2) is 0 Å². The second kappa shape index (κ2) is 4.53. The van der Waals surface area contributed by atoms with E-state index >= 15 is 0 Å². The lowest BCUT2D eigenvalue weighted by molar-refractivity contribution is 0.0918. The molecule has 1 heterocycles. The van der Waals surface area contributed by atoms with E-state index in [1.165, 1.54) is 0 Å². The first-order valence-electron chi connectivity index (χ1n) is 5.32. The van der Waals surface area contributed by atoms with E-state index in [1.807, 2.05) is 19.1 Å². The molecule has 4 nitrogen and oxygen atoms in total. The predicted molar refractivity (Wildman–Crippen MR) is 62.8 cm³/mol. The third kappa shape index (κ3) is 2.02. The van der Waals surface area contributed by atoms with Crippen LogP contribution >= 0.6 is 0 Å². The Morgan fingerprint density at radius 2 is 2.38 bits per heavy atom. The van der Waals surface area contributed by atoms with Crippen LogP contribution in [0.25, 0.3) is 0 Å². The molecule has 1 aliphatic rings. The van der Waals surface area contributed by atoms with Crippen molar-refractivity contribution in [2.24, 2.45) is 10.9 Å². The van der Waals surface area contributed by atoms with Crippen molar-refractivity contribution < 1.29 is 9.57 Å². The quantitative estimate of drug-likeness (QED) is 0.838. The lowest BCUT2D eigenvalue weighted by atomic mass is 10.0. The predicted octanol–water partition coefficient (Wildman–Crippen LogP) is 1.46. The summed E-state index contributed by atoms with van der Waals surface area (Å²) in [6.45, 7) is 2.52. The van der Waals surface area contributed by atoms with Crippen molar-refractivity contribution in [1.82, 2.24) is 0 Å². The van der Waals surface area contributed by atoms with Crippen molar-refractivity contribution in [3.63, 3.8) is 0 Å². The molecule has 2 rings (SSSR count). The van der Waals surface area contributed by atoms with Crippen LogP contribution in [0.3, 0.4) is 0 Å². The number of ether oxygens (including phenoxy) is 1. The highest BCUT2D eigenvalue weighted by molar-refractivity contribution is 6.01. The second-order valence-electron chi connectivity index (χ2n) is 3.89. The lowest BCUT2D eigenvalue weighted by Crippen LogP contribution is -2.20. The molecular weight excluding hydrogens is 204 g/mol. The number of methoxy groups -OCH3 is 1. The summed E-state index contributed by atoms with van der Waals surface area (Å²) in [5.41, 5.74) is 8.66. The Kier molecular flexibility index (Phi) is 3.10. The van der Waals surface area contributed by atoms with Crippen LogP contribution in [0.15, 0.2) is 23.4 Å². The van der Waals surface area contributed by atoms with Crippen molar-refractivity contribution in [3.8, 4) is 5.75 Å². The van der Waals surface area contributed by atoms with Crippen LogP contribution in [-0.2, 0) is 4.84 Å². The molecule has 0 radical (unpaired) electrons. The van der Waals surface area contributed by atoms with Crippen LogP contribution < -0.4 is 10.5 Å². The fraction of sp³-hybridized carbons (Fsp3) is 0.417. The monoisotopic (exact) mass is 220 g/mol. The minimum absolute atomic E-state index is 0.0254. The van der Waals surface area contributed by atoms with Gasteiger partial charge in [-0.3, -0.25) is 0 Å². The van der Waals surface area contributed by atoms with E-state index in [0.29, 0.717) is 6.54 Å². The second-order valence-corrected chi connectivity index (χ2v) is 3.89. The van der Waals surface area contributed by atoms with Gasteiger partial charge in [0.15, 0.2) is 0 Å². The average molecular weight is 220 g/mol. The highest BCUT2D eigenvalue weighted by atomic mass is 16.6. The zero-order valence-corrected chi connectivity index (χ0v) is 9.56. The molecule has 0 spiro atoms. The summed E-state index contributed by atoms with van der Waals surface area (Å²) in [6, 6.07) is 6.00. The number of rotatable bonds is 3. The first-order valence-corrected chi connectivity index (χ1v) is 5.32. The summed E-state index contributed by atoms with van der Waals surface area (Å²) in [4.78, 5) is 5.20. The summed E-state index contributed by atoms with van der Waals surface area (Å²) in [7, 11) is 1.67. The van der Waals surface area contributed by atoms with Crippen LogP contribution in [-0.4, -0.2) is 25.5 Å². The molecule has 2 N–H and O–H groups in total. The highest BCUT2D eigenvalue weighted by Crippen LogP contribution is 2.22. The minimum atomic E-state index is 0.0254. The molecular formula is C12H16N2O2. The van der Waals surface area contributed by atoms with E-state index < -0.39 is 0 Å². The molecule has 0 aliphatic carbocycles. The fourth-order valence-corrected chi connectivity index (χ4v) is 1.78. The largest absolute Gasteiger partial charge is 0.496 e. The van der Waals surface area contributed by atoms with Crippen molar-refractivity contribution in [1.29, 1.82) is 0 Å². The number of hydrogen-bond acceptors (Lipinski definition) is 4. The maximum atomic E-state index is 5.53. The van der Waals surface area contributed by atoms with E-state index in [9.17, 15) is 0 Å². The molecule has 1 aromatic carbocycles. The molecule has 0 amide bonds. The van der Waals surface area contributed by atoms with Crippen LogP contribution in [0.1, 0.15) is 17.5 Å². The SMILES string of the molecule is COc1ccc(C2=NOC(CN)C2)cc1C. The van der Waals surface area contributed by atoms with Gasteiger partial charge in [0, 0.05) is 13.0 Å². The Morgan fingerprint density at radius 1 is 1.56 bits per heavy atom. The van der Waals surface area contributed by atoms with Crippen molar-refractivity contribution in [2.75, 3.05) is 13.7 Å². The van der Waals surface area contributed by atoms with Gasteiger partial charge in [-0.05, 0) is 36.2 Å². The highest BCUT2D eigenvalue weighted by Gasteiger charge is 2.20. The molecule has 0 saturated heterocycles. The number of oxime groups is 1. The van der Waals surface area contributed by atoms with Gasteiger partial charge in [-0.2, -0.15) is 0 Å². The molecule has 1 unspecified atom stereocenters. The molecule has 16 heavy (non-hydrogen) atoms. The lowest BCUT2D eigenvalue weighted by Gasteiger charge is -2.06. The van der Waals surface area contributed by atoms with Crippen molar-refractivity contribution >= 4 is 5.71 Å². The Bertz CT molecular complexity index is 415. The van der Waals surface area contributed by atoms with Crippen LogP contribution in [0.2, 0.25) is 0 Å². The molecule has 0 bridgehead atoms. The zero-order chi connectivity index (χ0) is 11.5.